The fourth-order valence-corrected chi connectivity index (χ4v) is 2.61. The Balaban J connectivity index is 1.65. The monoisotopic (exact) mass is 333 g/mol. The van der Waals surface area contributed by atoms with Crippen LogP contribution < -0.4 is 5.32 Å². The topological polar surface area (TPSA) is 46.9 Å². The minimum Gasteiger partial charge on any atom is -0.319 e. The predicted octanol–water partition coefficient (Wildman–Crippen LogP) is 4.48. The van der Waals surface area contributed by atoms with Gasteiger partial charge in [-0.3, -0.25) is 9.48 Å². The van der Waals surface area contributed by atoms with Gasteiger partial charge in [-0.25, -0.2) is 0 Å². The number of carbonyl (C=O) groups is 1. The average molecular weight is 333 g/mol. The van der Waals surface area contributed by atoms with E-state index in [9.17, 15) is 4.79 Å². The largest absolute Gasteiger partial charge is 0.319 e. The van der Waals surface area contributed by atoms with Gasteiger partial charge in [0.15, 0.2) is 0 Å². The van der Waals surface area contributed by atoms with Crippen LogP contribution in [0.3, 0.4) is 0 Å². The summed E-state index contributed by atoms with van der Waals surface area (Å²) in [4.78, 5) is 12.4. The molecule has 1 N–H and O–H groups in total. The summed E-state index contributed by atoms with van der Waals surface area (Å²) in [7, 11) is 0. The van der Waals surface area contributed by atoms with E-state index in [0.717, 1.165) is 0 Å². The highest BCUT2D eigenvalue weighted by Gasteiger charge is 2.14. The Morgan fingerprint density at radius 3 is 2.36 bits per heavy atom. The Bertz CT molecular complexity index is 843. The number of carbonyl (C=O) groups excluding carboxylic acids is 1. The van der Waals surface area contributed by atoms with E-state index in [0.29, 0.717) is 17.8 Å². The molecule has 4 nitrogen and oxygen atoms in total. The smallest absolute Gasteiger partial charge is 0.255 e. The van der Waals surface area contributed by atoms with Crippen LogP contribution in [0.4, 0.5) is 5.69 Å². The number of anilines is 1. The molecule has 4 heteroatoms. The molecule has 0 spiro atoms. The zero-order chi connectivity index (χ0) is 17.9. The number of nitrogens with one attached hydrogen (secondary N) is 1. The van der Waals surface area contributed by atoms with E-state index >= 15 is 0 Å². The molecule has 1 heterocycles. The first kappa shape index (κ1) is 17.0. The second kappa shape index (κ2) is 6.93. The van der Waals surface area contributed by atoms with Crippen LogP contribution in [0, 0.1) is 0 Å². The van der Waals surface area contributed by atoms with Crippen molar-refractivity contribution >= 4 is 11.6 Å². The zero-order valence-corrected chi connectivity index (χ0v) is 14.9. The summed E-state index contributed by atoms with van der Waals surface area (Å²) < 4.78 is 1.81. The maximum atomic E-state index is 12.4. The molecule has 2 aromatic carbocycles. The van der Waals surface area contributed by atoms with Gasteiger partial charge < -0.3 is 5.32 Å². The van der Waals surface area contributed by atoms with Gasteiger partial charge in [-0.05, 0) is 28.7 Å². The van der Waals surface area contributed by atoms with Gasteiger partial charge in [-0.1, -0.05) is 63.2 Å². The van der Waals surface area contributed by atoms with Crippen molar-refractivity contribution in [1.82, 2.24) is 9.78 Å². The Morgan fingerprint density at radius 2 is 1.72 bits per heavy atom. The molecule has 0 saturated carbocycles. The molecule has 0 aliphatic heterocycles. The van der Waals surface area contributed by atoms with E-state index < -0.39 is 0 Å². The molecule has 3 aromatic rings. The fourth-order valence-electron chi connectivity index (χ4n) is 2.61. The molecule has 1 amide bonds. The van der Waals surface area contributed by atoms with Gasteiger partial charge in [-0.15, -0.1) is 0 Å². The lowest BCUT2D eigenvalue weighted by molar-refractivity contribution is 0.102. The van der Waals surface area contributed by atoms with Crippen molar-refractivity contribution in [1.29, 1.82) is 0 Å². The van der Waals surface area contributed by atoms with E-state index in [4.69, 9.17) is 0 Å². The first-order chi connectivity index (χ1) is 11.9. The maximum Gasteiger partial charge on any atom is 0.255 e. The van der Waals surface area contributed by atoms with Crippen molar-refractivity contribution in [2.75, 3.05) is 5.32 Å². The molecule has 3 rings (SSSR count). The lowest BCUT2D eigenvalue weighted by Crippen LogP contribution is -2.14. The van der Waals surface area contributed by atoms with Crippen molar-refractivity contribution in [2.45, 2.75) is 32.7 Å². The molecule has 0 aliphatic carbocycles. The predicted molar refractivity (Wildman–Crippen MR) is 101 cm³/mol. The number of nitrogens with zero attached hydrogens (tertiary/aromatic N) is 2. The van der Waals surface area contributed by atoms with Crippen LogP contribution in [-0.4, -0.2) is 15.7 Å². The minimum absolute atomic E-state index is 0.0770. The van der Waals surface area contributed by atoms with Gasteiger partial charge in [0.2, 0.25) is 0 Å². The molecular formula is C21H23N3O. The van der Waals surface area contributed by atoms with Crippen molar-refractivity contribution in [3.8, 4) is 0 Å². The van der Waals surface area contributed by atoms with Crippen LogP contribution in [0.1, 0.15) is 42.3 Å². The number of rotatable bonds is 4. The van der Waals surface area contributed by atoms with Crippen LogP contribution in [0.15, 0.2) is 67.0 Å². The van der Waals surface area contributed by atoms with Gasteiger partial charge >= 0.3 is 0 Å². The van der Waals surface area contributed by atoms with Crippen molar-refractivity contribution in [2.24, 2.45) is 0 Å². The van der Waals surface area contributed by atoms with E-state index in [-0.39, 0.29) is 11.3 Å². The van der Waals surface area contributed by atoms with E-state index in [1.165, 1.54) is 11.1 Å². The van der Waals surface area contributed by atoms with Gasteiger partial charge in [0.25, 0.3) is 5.91 Å². The number of hydrogen-bond donors (Lipinski definition) is 1. The molecule has 0 aliphatic rings. The van der Waals surface area contributed by atoms with E-state index in [1.807, 2.05) is 53.3 Å². The second-order valence-electron chi connectivity index (χ2n) is 7.19. The summed E-state index contributed by atoms with van der Waals surface area (Å²) in [6, 6.07) is 17.8. The van der Waals surface area contributed by atoms with Gasteiger partial charge in [0, 0.05) is 11.8 Å². The third kappa shape index (κ3) is 4.35. The van der Waals surface area contributed by atoms with E-state index in [1.54, 1.807) is 6.20 Å². The van der Waals surface area contributed by atoms with Crippen LogP contribution in [0.5, 0.6) is 0 Å². The molecule has 128 valence electrons. The molecule has 25 heavy (non-hydrogen) atoms. The van der Waals surface area contributed by atoms with Gasteiger partial charge in [0.1, 0.15) is 0 Å². The fraction of sp³-hybridized carbons (Fsp3) is 0.238. The van der Waals surface area contributed by atoms with Crippen molar-refractivity contribution in [3.05, 3.63) is 83.7 Å². The molecular weight excluding hydrogens is 310 g/mol. The summed E-state index contributed by atoms with van der Waals surface area (Å²) in [6.07, 6.45) is 3.51. The van der Waals surface area contributed by atoms with Crippen LogP contribution in [0.25, 0.3) is 0 Å². The third-order valence-electron chi connectivity index (χ3n) is 4.09. The molecule has 1 aromatic heterocycles. The second-order valence-corrected chi connectivity index (χ2v) is 7.19. The summed E-state index contributed by atoms with van der Waals surface area (Å²) in [6.45, 7) is 7.15. The zero-order valence-electron chi connectivity index (χ0n) is 14.9. The highest BCUT2D eigenvalue weighted by Crippen LogP contribution is 2.22. The van der Waals surface area contributed by atoms with Crippen molar-refractivity contribution < 1.29 is 4.79 Å². The summed E-state index contributed by atoms with van der Waals surface area (Å²) in [5.74, 6) is -0.125. The third-order valence-corrected chi connectivity index (χ3v) is 4.09. The first-order valence-corrected chi connectivity index (χ1v) is 8.40. The minimum atomic E-state index is -0.125. The Kier molecular flexibility index (Phi) is 4.70. The van der Waals surface area contributed by atoms with Crippen molar-refractivity contribution in [3.63, 3.8) is 0 Å². The number of hydrogen-bond acceptors (Lipinski definition) is 2. The quantitative estimate of drug-likeness (QED) is 0.765. The standard InChI is InChI=1S/C21H23N3O/c1-21(2,3)18-11-9-17(10-12-18)20(25)23-19-13-22-24(15-19)14-16-7-5-4-6-8-16/h4-13,15H,14H2,1-3H3,(H,23,25). The maximum absolute atomic E-state index is 12.4. The van der Waals surface area contributed by atoms with Crippen LogP contribution >= 0.6 is 0 Å². The van der Waals surface area contributed by atoms with E-state index in [2.05, 4.69) is 43.3 Å². The first-order valence-electron chi connectivity index (χ1n) is 8.40. The molecule has 0 unspecified atom stereocenters. The normalized spacial score (nSPS) is 11.3. The molecule has 0 radical (unpaired) electrons. The number of benzene rings is 2. The highest BCUT2D eigenvalue weighted by atomic mass is 16.1. The van der Waals surface area contributed by atoms with Crippen LogP contribution in [-0.2, 0) is 12.0 Å². The average Bonchev–Trinajstić information content (AvgIpc) is 3.02. The SMILES string of the molecule is CC(C)(C)c1ccc(C(=O)Nc2cnn(Cc3ccccc3)c2)cc1. The van der Waals surface area contributed by atoms with Gasteiger partial charge in [0.05, 0.1) is 18.4 Å². The Labute approximate surface area is 148 Å². The Morgan fingerprint density at radius 1 is 1.04 bits per heavy atom. The molecule has 0 atom stereocenters. The molecule has 0 saturated heterocycles. The summed E-state index contributed by atoms with van der Waals surface area (Å²) in [5.41, 5.74) is 3.79. The molecule has 0 fully saturated rings. The number of aromatic nitrogens is 2. The molecule has 0 bridgehead atoms. The Hall–Kier alpha value is -2.88. The summed E-state index contributed by atoms with van der Waals surface area (Å²) in [5, 5.41) is 7.21. The lowest BCUT2D eigenvalue weighted by atomic mass is 9.87. The lowest BCUT2D eigenvalue weighted by Gasteiger charge is -2.18. The van der Waals surface area contributed by atoms with Gasteiger partial charge in [-0.2, -0.15) is 5.10 Å². The van der Waals surface area contributed by atoms with Crippen LogP contribution in [0.2, 0.25) is 0 Å². The highest BCUT2D eigenvalue weighted by molar-refractivity contribution is 6.04. The number of amides is 1. The summed E-state index contributed by atoms with van der Waals surface area (Å²) >= 11 is 0.